The monoisotopic (exact) mass is 266 g/mol. The fourth-order valence-electron chi connectivity index (χ4n) is 1.65. The molecule has 0 spiro atoms. The Bertz CT molecular complexity index is 491. The van der Waals surface area contributed by atoms with Crippen molar-refractivity contribution in [3.8, 4) is 5.75 Å². The lowest BCUT2D eigenvalue weighted by molar-refractivity contribution is -0.131. The average molecular weight is 266 g/mol. The smallest absolute Gasteiger partial charge is 0.264 e. The Balaban J connectivity index is 1.67. The fraction of sp³-hybridized carbons (Fsp3) is 0.385. The largest absolute Gasteiger partial charge is 0.489 e. The number of benzene rings is 1. The Labute approximate surface area is 110 Å². The summed E-state index contributed by atoms with van der Waals surface area (Å²) in [4.78, 5) is 16.6. The van der Waals surface area contributed by atoms with Crippen LogP contribution in [-0.4, -0.2) is 30.9 Å². The van der Waals surface area contributed by atoms with E-state index < -0.39 is 11.9 Å². The van der Waals surface area contributed by atoms with Gasteiger partial charge in [-0.15, -0.1) is 0 Å². The zero-order chi connectivity index (χ0) is 13.7. The molecule has 1 aliphatic rings. The summed E-state index contributed by atoms with van der Waals surface area (Å²) in [5.41, 5.74) is 0.794. The summed E-state index contributed by atoms with van der Waals surface area (Å²) in [7, 11) is 0. The molecule has 0 saturated carbocycles. The van der Waals surface area contributed by atoms with E-state index >= 15 is 0 Å². The maximum absolute atomic E-state index is 13.2. The van der Waals surface area contributed by atoms with Crippen LogP contribution in [0.25, 0.3) is 0 Å². The van der Waals surface area contributed by atoms with Crippen LogP contribution in [0.4, 0.5) is 4.39 Å². The van der Waals surface area contributed by atoms with Gasteiger partial charge in [0, 0.05) is 6.42 Å². The number of nitrogens with zero attached hydrogens (tertiary/aromatic N) is 1. The highest BCUT2D eigenvalue weighted by Crippen LogP contribution is 2.14. The fourth-order valence-corrected chi connectivity index (χ4v) is 1.65. The van der Waals surface area contributed by atoms with E-state index in [-0.39, 0.29) is 24.8 Å². The summed E-state index contributed by atoms with van der Waals surface area (Å²) in [6.07, 6.45) is -0.0616. The Hall–Kier alpha value is -2.11. The number of nitrogens with one attached hydrogen (secondary N) is 1. The van der Waals surface area contributed by atoms with Crippen LogP contribution < -0.4 is 10.1 Å². The van der Waals surface area contributed by atoms with Crippen molar-refractivity contribution in [2.75, 3.05) is 13.2 Å². The molecule has 0 aliphatic carbocycles. The average Bonchev–Trinajstić information content (AvgIpc) is 2.83. The molecule has 0 fully saturated rings. The van der Waals surface area contributed by atoms with Crippen molar-refractivity contribution in [1.82, 2.24) is 5.32 Å². The number of hydrogen-bond acceptors (Lipinski definition) is 4. The van der Waals surface area contributed by atoms with Crippen molar-refractivity contribution in [3.05, 3.63) is 30.1 Å². The van der Waals surface area contributed by atoms with Crippen LogP contribution in [0, 0.1) is 5.82 Å². The maximum Gasteiger partial charge on any atom is 0.264 e. The number of rotatable bonds is 5. The SMILES string of the molecule is CC1=NO[C@@H](C(=O)NCCOc2ccccc2F)C1. The van der Waals surface area contributed by atoms with Crippen LogP contribution in [0.5, 0.6) is 5.75 Å². The Morgan fingerprint density at radius 2 is 2.37 bits per heavy atom. The molecule has 0 radical (unpaired) electrons. The molecule has 0 bridgehead atoms. The second-order valence-electron chi connectivity index (χ2n) is 4.19. The van der Waals surface area contributed by atoms with E-state index in [2.05, 4.69) is 10.5 Å². The third-order valence-electron chi connectivity index (χ3n) is 2.60. The van der Waals surface area contributed by atoms with E-state index in [9.17, 15) is 9.18 Å². The molecule has 0 unspecified atom stereocenters. The van der Waals surface area contributed by atoms with Crippen LogP contribution in [-0.2, 0) is 9.63 Å². The van der Waals surface area contributed by atoms with Crippen LogP contribution in [0.1, 0.15) is 13.3 Å². The first-order valence-electron chi connectivity index (χ1n) is 6.01. The van der Waals surface area contributed by atoms with E-state index in [1.54, 1.807) is 19.1 Å². The van der Waals surface area contributed by atoms with Crippen molar-refractivity contribution in [2.24, 2.45) is 5.16 Å². The van der Waals surface area contributed by atoms with Gasteiger partial charge in [-0.1, -0.05) is 17.3 Å². The number of ether oxygens (including phenoxy) is 1. The molecule has 6 heteroatoms. The summed E-state index contributed by atoms with van der Waals surface area (Å²) in [6, 6.07) is 6.13. The zero-order valence-corrected chi connectivity index (χ0v) is 10.6. The molecule has 1 heterocycles. The minimum atomic E-state index is -0.562. The minimum Gasteiger partial charge on any atom is -0.489 e. The van der Waals surface area contributed by atoms with Crippen LogP contribution in [0.2, 0.25) is 0 Å². The van der Waals surface area contributed by atoms with E-state index in [1.807, 2.05) is 0 Å². The van der Waals surface area contributed by atoms with Gasteiger partial charge in [-0.25, -0.2) is 4.39 Å². The minimum absolute atomic E-state index is 0.174. The van der Waals surface area contributed by atoms with Crippen molar-refractivity contribution in [1.29, 1.82) is 0 Å². The highest BCUT2D eigenvalue weighted by Gasteiger charge is 2.25. The van der Waals surface area contributed by atoms with Gasteiger partial charge in [0.2, 0.25) is 6.10 Å². The predicted octanol–water partition coefficient (Wildman–Crippen LogP) is 1.49. The summed E-state index contributed by atoms with van der Waals surface area (Å²) in [6.45, 7) is 2.28. The van der Waals surface area contributed by atoms with Crippen LogP contribution in [0.3, 0.4) is 0 Å². The van der Waals surface area contributed by atoms with Gasteiger partial charge < -0.3 is 14.9 Å². The molecule has 1 N–H and O–H groups in total. The summed E-state index contributed by atoms with van der Waals surface area (Å²) in [5, 5.41) is 6.35. The Kier molecular flexibility index (Phi) is 4.33. The van der Waals surface area contributed by atoms with Crippen molar-refractivity contribution in [3.63, 3.8) is 0 Å². The normalized spacial score (nSPS) is 17.6. The molecule has 19 heavy (non-hydrogen) atoms. The molecule has 2 rings (SSSR count). The summed E-state index contributed by atoms with van der Waals surface area (Å²) in [5.74, 6) is -0.484. The predicted molar refractivity (Wildman–Crippen MR) is 67.5 cm³/mol. The first-order chi connectivity index (χ1) is 9.16. The summed E-state index contributed by atoms with van der Waals surface area (Å²) >= 11 is 0. The number of para-hydroxylation sites is 1. The lowest BCUT2D eigenvalue weighted by Crippen LogP contribution is -2.37. The molecule has 1 aromatic carbocycles. The number of hydrogen-bond donors (Lipinski definition) is 1. The molecule has 1 aliphatic heterocycles. The molecule has 1 amide bonds. The number of amides is 1. The number of oxime groups is 1. The van der Waals surface area contributed by atoms with Gasteiger partial charge in [-0.05, 0) is 19.1 Å². The molecule has 0 aromatic heterocycles. The Morgan fingerprint density at radius 1 is 1.58 bits per heavy atom. The van der Waals surface area contributed by atoms with Crippen molar-refractivity contribution < 1.29 is 18.8 Å². The molecule has 1 atom stereocenters. The summed E-state index contributed by atoms with van der Waals surface area (Å²) < 4.78 is 18.4. The molecular formula is C13H15FN2O3. The van der Waals surface area contributed by atoms with Gasteiger partial charge >= 0.3 is 0 Å². The second-order valence-corrected chi connectivity index (χ2v) is 4.19. The molecule has 0 saturated heterocycles. The first kappa shape index (κ1) is 13.3. The van der Waals surface area contributed by atoms with Gasteiger partial charge in [0.05, 0.1) is 12.3 Å². The van der Waals surface area contributed by atoms with E-state index in [1.165, 1.54) is 12.1 Å². The number of carbonyl (C=O) groups is 1. The number of halogens is 1. The topological polar surface area (TPSA) is 59.9 Å². The van der Waals surface area contributed by atoms with E-state index in [0.717, 1.165) is 5.71 Å². The Morgan fingerprint density at radius 3 is 3.05 bits per heavy atom. The molecule has 102 valence electrons. The first-order valence-corrected chi connectivity index (χ1v) is 6.01. The highest BCUT2D eigenvalue weighted by molar-refractivity contribution is 5.91. The zero-order valence-electron chi connectivity index (χ0n) is 10.6. The number of carbonyl (C=O) groups excluding carboxylic acids is 1. The van der Waals surface area contributed by atoms with E-state index in [4.69, 9.17) is 9.57 Å². The van der Waals surface area contributed by atoms with Crippen LogP contribution in [0.15, 0.2) is 29.4 Å². The standard InChI is InChI=1S/C13H15FN2O3/c1-9-8-12(19-16-9)13(17)15-6-7-18-11-5-3-2-4-10(11)14/h2-5,12H,6-8H2,1H3,(H,15,17)/t12-/m1/s1. The second kappa shape index (κ2) is 6.17. The lowest BCUT2D eigenvalue weighted by Gasteiger charge is -2.10. The molecular weight excluding hydrogens is 251 g/mol. The molecule has 1 aromatic rings. The third-order valence-corrected chi connectivity index (χ3v) is 2.60. The molecule has 5 nitrogen and oxygen atoms in total. The van der Waals surface area contributed by atoms with Gasteiger partial charge in [0.25, 0.3) is 5.91 Å². The highest BCUT2D eigenvalue weighted by atomic mass is 19.1. The van der Waals surface area contributed by atoms with Gasteiger partial charge in [0.1, 0.15) is 6.61 Å². The maximum atomic E-state index is 13.2. The van der Waals surface area contributed by atoms with Crippen molar-refractivity contribution in [2.45, 2.75) is 19.4 Å². The van der Waals surface area contributed by atoms with Crippen molar-refractivity contribution >= 4 is 11.6 Å². The lowest BCUT2D eigenvalue weighted by atomic mass is 10.2. The van der Waals surface area contributed by atoms with E-state index in [0.29, 0.717) is 6.42 Å². The van der Waals surface area contributed by atoms with Gasteiger partial charge in [0.15, 0.2) is 11.6 Å². The third kappa shape index (κ3) is 3.67. The van der Waals surface area contributed by atoms with Gasteiger partial charge in [-0.2, -0.15) is 0 Å². The quantitative estimate of drug-likeness (QED) is 0.821. The van der Waals surface area contributed by atoms with Gasteiger partial charge in [-0.3, -0.25) is 4.79 Å². The van der Waals surface area contributed by atoms with Crippen LogP contribution >= 0.6 is 0 Å².